The van der Waals surface area contributed by atoms with Gasteiger partial charge in [-0.05, 0) is 0 Å². The van der Waals surface area contributed by atoms with Crippen LogP contribution in [0.25, 0.3) is 0 Å². The normalized spacial score (nSPS) is 21.9. The molecule has 1 rings (SSSR count). The van der Waals surface area contributed by atoms with Gasteiger partial charge in [0.15, 0.2) is 0 Å². The quantitative estimate of drug-likeness (QED) is 0.505. The number of hydrazone groups is 1. The van der Waals surface area contributed by atoms with Gasteiger partial charge in [-0.25, -0.2) is 4.21 Å². The zero-order valence-corrected chi connectivity index (χ0v) is 4.97. The first kappa shape index (κ1) is 5.71. The fourth-order valence-corrected chi connectivity index (χ4v) is 0.902. The highest BCUT2D eigenvalue weighted by Crippen LogP contribution is 1.99. The number of nitrogens with zero attached hydrogens (tertiary/aromatic N) is 2. The molecular weight excluding hydrogens is 128 g/mol. The predicted octanol–water partition coefficient (Wildman–Crippen LogP) is -0.185. The van der Waals surface area contributed by atoms with E-state index in [1.54, 1.807) is 6.21 Å². The van der Waals surface area contributed by atoms with Gasteiger partial charge in [0.25, 0.3) is 11.3 Å². The van der Waals surface area contributed by atoms with Gasteiger partial charge in [-0.2, -0.15) is 9.52 Å². The van der Waals surface area contributed by atoms with Crippen molar-refractivity contribution in [2.45, 2.75) is 6.42 Å². The smallest absolute Gasteiger partial charge is 0.278 e. The Morgan fingerprint density at radius 2 is 2.62 bits per heavy atom. The molecule has 4 nitrogen and oxygen atoms in total. The summed E-state index contributed by atoms with van der Waals surface area (Å²) in [5.41, 5.74) is 0. The van der Waals surface area contributed by atoms with Crippen LogP contribution in [-0.2, 0) is 11.3 Å². The molecule has 8 heavy (non-hydrogen) atoms. The molecule has 1 aliphatic rings. The standard InChI is InChI=1S/C3H6N2O2S/c6-8(7)5-3-1-2-4-5/h2H,1,3H2,(H,6,7). The minimum absolute atomic E-state index is 0.559. The molecule has 0 aromatic carbocycles. The average Bonchev–Trinajstić information content (AvgIpc) is 2.12. The highest BCUT2D eigenvalue weighted by Gasteiger charge is 2.09. The van der Waals surface area contributed by atoms with Crippen LogP contribution in [0.4, 0.5) is 0 Å². The van der Waals surface area contributed by atoms with Crippen molar-refractivity contribution in [3.05, 3.63) is 0 Å². The summed E-state index contributed by atoms with van der Waals surface area (Å²) in [6.45, 7) is 0.559. The topological polar surface area (TPSA) is 52.9 Å². The van der Waals surface area contributed by atoms with E-state index in [4.69, 9.17) is 4.55 Å². The summed E-state index contributed by atoms with van der Waals surface area (Å²) in [5, 5.41) is 3.59. The molecule has 1 atom stereocenters. The zero-order valence-electron chi connectivity index (χ0n) is 4.15. The van der Waals surface area contributed by atoms with E-state index in [1.165, 1.54) is 0 Å². The van der Waals surface area contributed by atoms with Gasteiger partial charge in [-0.3, -0.25) is 4.55 Å². The van der Waals surface area contributed by atoms with Gasteiger partial charge in [-0.1, -0.05) is 0 Å². The summed E-state index contributed by atoms with van der Waals surface area (Å²) in [4.78, 5) is 0. The molecule has 0 saturated heterocycles. The number of rotatable bonds is 1. The van der Waals surface area contributed by atoms with Crippen LogP contribution in [0.1, 0.15) is 6.42 Å². The Labute approximate surface area is 49.6 Å². The van der Waals surface area contributed by atoms with Gasteiger partial charge in [-0.15, -0.1) is 0 Å². The molecule has 0 bridgehead atoms. The SMILES string of the molecule is O=S(O)N1CCC=N1. The Bertz CT molecular complexity index is 135. The van der Waals surface area contributed by atoms with Gasteiger partial charge in [0, 0.05) is 12.6 Å². The van der Waals surface area contributed by atoms with Gasteiger partial charge in [0.1, 0.15) is 0 Å². The van der Waals surface area contributed by atoms with Gasteiger partial charge in [0.2, 0.25) is 0 Å². The maximum atomic E-state index is 10.1. The van der Waals surface area contributed by atoms with E-state index in [2.05, 4.69) is 5.10 Å². The molecule has 1 N–H and O–H groups in total. The van der Waals surface area contributed by atoms with Crippen LogP contribution in [-0.4, -0.2) is 25.9 Å². The monoisotopic (exact) mass is 134 g/mol. The van der Waals surface area contributed by atoms with E-state index in [0.717, 1.165) is 10.8 Å². The van der Waals surface area contributed by atoms with Gasteiger partial charge < -0.3 is 0 Å². The molecule has 0 saturated carbocycles. The number of hydrogen-bond acceptors (Lipinski definition) is 2. The van der Waals surface area contributed by atoms with Gasteiger partial charge in [0.05, 0.1) is 6.54 Å². The second-order valence-corrected chi connectivity index (χ2v) is 2.28. The van der Waals surface area contributed by atoms with Crippen molar-refractivity contribution >= 4 is 17.5 Å². The fourth-order valence-electron chi connectivity index (χ4n) is 0.493. The molecule has 1 aliphatic heterocycles. The molecule has 0 aliphatic carbocycles. The summed E-state index contributed by atoms with van der Waals surface area (Å²) in [7, 11) is 0. The summed E-state index contributed by atoms with van der Waals surface area (Å²) < 4.78 is 19.6. The molecule has 0 aromatic rings. The highest BCUT2D eigenvalue weighted by molar-refractivity contribution is 7.76. The Morgan fingerprint density at radius 1 is 1.88 bits per heavy atom. The van der Waals surface area contributed by atoms with Crippen LogP contribution in [0.5, 0.6) is 0 Å². The summed E-state index contributed by atoms with van der Waals surface area (Å²) in [6, 6.07) is 0. The highest BCUT2D eigenvalue weighted by atomic mass is 32.2. The second kappa shape index (κ2) is 2.23. The average molecular weight is 134 g/mol. The van der Waals surface area contributed by atoms with E-state index in [0.29, 0.717) is 6.54 Å². The molecule has 0 fully saturated rings. The fraction of sp³-hybridized carbons (Fsp3) is 0.667. The third-order valence-corrected chi connectivity index (χ3v) is 1.48. The van der Waals surface area contributed by atoms with Crippen LogP contribution in [0.2, 0.25) is 0 Å². The molecule has 5 heteroatoms. The molecule has 46 valence electrons. The van der Waals surface area contributed by atoms with E-state index in [9.17, 15) is 4.21 Å². The second-order valence-electron chi connectivity index (χ2n) is 1.39. The third-order valence-electron chi connectivity index (χ3n) is 0.840. The Kier molecular flexibility index (Phi) is 1.59. The molecular formula is C3H6N2O2S. The van der Waals surface area contributed by atoms with Crippen molar-refractivity contribution in [2.75, 3.05) is 6.54 Å². The summed E-state index contributed by atoms with van der Waals surface area (Å²) >= 11 is -1.91. The van der Waals surface area contributed by atoms with Crippen LogP contribution in [0.15, 0.2) is 5.10 Å². The maximum Gasteiger partial charge on any atom is 0.278 e. The lowest BCUT2D eigenvalue weighted by molar-refractivity contribution is 0.439. The van der Waals surface area contributed by atoms with Crippen molar-refractivity contribution in [3.63, 3.8) is 0 Å². The van der Waals surface area contributed by atoms with Crippen molar-refractivity contribution in [2.24, 2.45) is 5.10 Å². The zero-order chi connectivity index (χ0) is 5.98. The molecule has 0 radical (unpaired) electrons. The van der Waals surface area contributed by atoms with E-state index in [-0.39, 0.29) is 0 Å². The number of hydrogen-bond donors (Lipinski definition) is 1. The summed E-state index contributed by atoms with van der Waals surface area (Å²) in [5.74, 6) is 0. The first-order valence-corrected chi connectivity index (χ1v) is 3.28. The first-order chi connectivity index (χ1) is 3.80. The van der Waals surface area contributed by atoms with E-state index in [1.807, 2.05) is 0 Å². The Balaban J connectivity index is 2.48. The predicted molar refractivity (Wildman–Crippen MR) is 30.6 cm³/mol. The molecule has 0 spiro atoms. The van der Waals surface area contributed by atoms with Crippen molar-refractivity contribution < 1.29 is 8.76 Å². The first-order valence-electron chi connectivity index (χ1n) is 2.21. The summed E-state index contributed by atoms with van der Waals surface area (Å²) in [6.07, 6.45) is 2.39. The van der Waals surface area contributed by atoms with Gasteiger partial charge >= 0.3 is 0 Å². The molecule has 1 heterocycles. The van der Waals surface area contributed by atoms with Crippen molar-refractivity contribution in [1.29, 1.82) is 0 Å². The maximum absolute atomic E-state index is 10.1. The third kappa shape index (κ3) is 1.05. The van der Waals surface area contributed by atoms with E-state index >= 15 is 0 Å². The van der Waals surface area contributed by atoms with Crippen LogP contribution in [0.3, 0.4) is 0 Å². The lowest BCUT2D eigenvalue weighted by Gasteiger charge is -2.04. The van der Waals surface area contributed by atoms with Crippen molar-refractivity contribution in [3.8, 4) is 0 Å². The molecule has 0 amide bonds. The Morgan fingerprint density at radius 3 is 2.88 bits per heavy atom. The minimum atomic E-state index is -1.91. The lowest BCUT2D eigenvalue weighted by atomic mass is 10.5. The van der Waals surface area contributed by atoms with Crippen molar-refractivity contribution in [1.82, 2.24) is 4.41 Å². The van der Waals surface area contributed by atoms with E-state index < -0.39 is 11.3 Å². The Hall–Kier alpha value is -0.420. The largest absolute Gasteiger partial charge is 0.288 e. The van der Waals surface area contributed by atoms with Crippen LogP contribution < -0.4 is 0 Å². The van der Waals surface area contributed by atoms with Crippen LogP contribution >= 0.6 is 0 Å². The minimum Gasteiger partial charge on any atom is -0.288 e. The molecule has 1 unspecified atom stereocenters. The van der Waals surface area contributed by atoms with Crippen LogP contribution in [0, 0.1) is 0 Å². The lowest BCUT2D eigenvalue weighted by Crippen LogP contribution is -2.15. The molecule has 0 aromatic heterocycles.